The summed E-state index contributed by atoms with van der Waals surface area (Å²) in [4.78, 5) is 12.6. The van der Waals surface area contributed by atoms with Gasteiger partial charge in [0.05, 0.1) is 0 Å². The topological polar surface area (TPSA) is 17.1 Å². The molecule has 1 heteroatoms. The molecule has 0 spiro atoms. The first-order valence-corrected chi connectivity index (χ1v) is 14.2. The minimum atomic E-state index is 0.275. The Morgan fingerprint density at radius 2 is 0.667 bits per heavy atom. The highest BCUT2D eigenvalue weighted by molar-refractivity contribution is 5.82. The molecule has 0 unspecified atom stereocenters. The second-order valence-corrected chi connectivity index (χ2v) is 10.1. The van der Waals surface area contributed by atoms with Crippen molar-refractivity contribution in [2.24, 2.45) is 11.8 Å². The molecule has 0 heterocycles. The van der Waals surface area contributed by atoms with Gasteiger partial charge in [-0.3, -0.25) is 4.79 Å². The van der Waals surface area contributed by atoms with Crippen LogP contribution in [0.5, 0.6) is 0 Å². The maximum absolute atomic E-state index is 12.6. The zero-order valence-electron chi connectivity index (χ0n) is 21.6. The standard InChI is InChI=1S/C29H58O/c1-5-7-9-11-13-15-17-19-21-23-25-27(3)29(30)28(4)26-24-22-20-18-16-14-12-10-8-6-2/h27-28H,5-26H2,1-4H3/t27-,28+. The minimum absolute atomic E-state index is 0.275. The van der Waals surface area contributed by atoms with Crippen LogP contribution in [0.2, 0.25) is 0 Å². The van der Waals surface area contributed by atoms with Crippen molar-refractivity contribution in [2.45, 2.75) is 169 Å². The number of carbonyl (C=O) groups excluding carboxylic acids is 1. The molecule has 0 radical (unpaired) electrons. The smallest absolute Gasteiger partial charge is 0.138 e. The van der Waals surface area contributed by atoms with Crippen LogP contribution in [0.15, 0.2) is 0 Å². The highest BCUT2D eigenvalue weighted by atomic mass is 16.1. The Morgan fingerprint density at radius 3 is 0.933 bits per heavy atom. The first kappa shape index (κ1) is 29.7. The predicted molar refractivity (Wildman–Crippen MR) is 136 cm³/mol. The summed E-state index contributed by atoms with van der Waals surface area (Å²) >= 11 is 0. The maximum Gasteiger partial charge on any atom is 0.138 e. The summed E-state index contributed by atoms with van der Waals surface area (Å²) in [6.07, 6.45) is 29.7. The summed E-state index contributed by atoms with van der Waals surface area (Å²) < 4.78 is 0. The van der Waals surface area contributed by atoms with Crippen LogP contribution in [0.1, 0.15) is 169 Å². The molecule has 0 aromatic heterocycles. The Kier molecular flexibility index (Phi) is 23.1. The lowest BCUT2D eigenvalue weighted by Crippen LogP contribution is -2.19. The van der Waals surface area contributed by atoms with E-state index in [-0.39, 0.29) is 11.8 Å². The van der Waals surface area contributed by atoms with Crippen LogP contribution in [-0.2, 0) is 4.79 Å². The third kappa shape index (κ3) is 19.6. The Morgan fingerprint density at radius 1 is 0.433 bits per heavy atom. The number of hydrogen-bond donors (Lipinski definition) is 0. The van der Waals surface area contributed by atoms with E-state index in [0.29, 0.717) is 5.78 Å². The fourth-order valence-corrected chi connectivity index (χ4v) is 4.65. The average molecular weight is 423 g/mol. The quantitative estimate of drug-likeness (QED) is 0.141. The monoisotopic (exact) mass is 422 g/mol. The lowest BCUT2D eigenvalue weighted by Gasteiger charge is -2.16. The van der Waals surface area contributed by atoms with Crippen molar-refractivity contribution in [1.82, 2.24) is 0 Å². The molecule has 30 heavy (non-hydrogen) atoms. The molecule has 0 saturated carbocycles. The Hall–Kier alpha value is -0.330. The molecule has 0 saturated heterocycles. The minimum Gasteiger partial charge on any atom is -0.299 e. The van der Waals surface area contributed by atoms with Crippen molar-refractivity contribution in [3.8, 4) is 0 Å². The van der Waals surface area contributed by atoms with Crippen LogP contribution in [-0.4, -0.2) is 5.78 Å². The molecule has 0 aliphatic carbocycles. The fraction of sp³-hybridized carbons (Fsp3) is 0.966. The van der Waals surface area contributed by atoms with E-state index in [1.54, 1.807) is 0 Å². The zero-order valence-corrected chi connectivity index (χ0v) is 21.6. The van der Waals surface area contributed by atoms with Crippen molar-refractivity contribution >= 4 is 5.78 Å². The van der Waals surface area contributed by atoms with Gasteiger partial charge in [-0.1, -0.05) is 156 Å². The summed E-state index contributed by atoms with van der Waals surface area (Å²) in [5, 5.41) is 0. The molecule has 0 aliphatic rings. The molecule has 0 aromatic carbocycles. The van der Waals surface area contributed by atoms with E-state index in [0.717, 1.165) is 12.8 Å². The summed E-state index contributed by atoms with van der Waals surface area (Å²) in [6, 6.07) is 0. The number of carbonyl (C=O) groups is 1. The highest BCUT2D eigenvalue weighted by Gasteiger charge is 2.19. The normalized spacial score (nSPS) is 13.5. The summed E-state index contributed by atoms with van der Waals surface area (Å²) in [7, 11) is 0. The molecule has 0 fully saturated rings. The van der Waals surface area contributed by atoms with Gasteiger partial charge in [0, 0.05) is 11.8 Å². The molecule has 0 bridgehead atoms. The van der Waals surface area contributed by atoms with Crippen LogP contribution >= 0.6 is 0 Å². The van der Waals surface area contributed by atoms with Crippen molar-refractivity contribution in [1.29, 1.82) is 0 Å². The van der Waals surface area contributed by atoms with Crippen LogP contribution < -0.4 is 0 Å². The molecule has 2 atom stereocenters. The number of rotatable bonds is 24. The summed E-state index contributed by atoms with van der Waals surface area (Å²) in [6.45, 7) is 8.91. The first-order chi connectivity index (χ1) is 14.6. The van der Waals surface area contributed by atoms with Gasteiger partial charge in [0.15, 0.2) is 0 Å². The number of ketones is 1. The SMILES string of the molecule is CCCCCCCCCCCC[C@@H](C)C(=O)[C@@H](C)CCCCCCCCCCCC. The molecular formula is C29H58O. The average Bonchev–Trinajstić information content (AvgIpc) is 2.75. The molecule has 1 nitrogen and oxygen atoms in total. The van der Waals surface area contributed by atoms with Crippen molar-refractivity contribution in [3.05, 3.63) is 0 Å². The van der Waals surface area contributed by atoms with Gasteiger partial charge >= 0.3 is 0 Å². The Bertz CT molecular complexity index is 316. The predicted octanol–water partition coefficient (Wildman–Crippen LogP) is 10.4. The Labute approximate surface area is 191 Å². The Balaban J connectivity index is 3.49. The van der Waals surface area contributed by atoms with E-state index >= 15 is 0 Å². The van der Waals surface area contributed by atoms with Gasteiger partial charge in [-0.05, 0) is 12.8 Å². The van der Waals surface area contributed by atoms with Crippen LogP contribution in [0.3, 0.4) is 0 Å². The van der Waals surface area contributed by atoms with E-state index < -0.39 is 0 Å². The van der Waals surface area contributed by atoms with Crippen molar-refractivity contribution in [3.63, 3.8) is 0 Å². The van der Waals surface area contributed by atoms with Crippen LogP contribution in [0, 0.1) is 11.8 Å². The molecule has 0 rings (SSSR count). The molecular weight excluding hydrogens is 364 g/mol. The van der Waals surface area contributed by atoms with E-state index in [1.165, 1.54) is 128 Å². The fourth-order valence-electron chi connectivity index (χ4n) is 4.65. The van der Waals surface area contributed by atoms with E-state index in [2.05, 4.69) is 27.7 Å². The second-order valence-electron chi connectivity index (χ2n) is 10.1. The zero-order chi connectivity index (χ0) is 22.3. The molecule has 0 aliphatic heterocycles. The second kappa shape index (κ2) is 23.3. The van der Waals surface area contributed by atoms with Crippen molar-refractivity contribution in [2.75, 3.05) is 0 Å². The highest BCUT2D eigenvalue weighted by Crippen LogP contribution is 2.20. The van der Waals surface area contributed by atoms with Gasteiger partial charge in [-0.2, -0.15) is 0 Å². The lowest BCUT2D eigenvalue weighted by molar-refractivity contribution is -0.126. The number of unbranched alkanes of at least 4 members (excludes halogenated alkanes) is 18. The van der Waals surface area contributed by atoms with Gasteiger partial charge in [0.1, 0.15) is 5.78 Å². The third-order valence-corrected chi connectivity index (χ3v) is 6.95. The summed E-state index contributed by atoms with van der Waals surface area (Å²) in [5.74, 6) is 1.08. The van der Waals surface area contributed by atoms with Crippen molar-refractivity contribution < 1.29 is 4.79 Å². The third-order valence-electron chi connectivity index (χ3n) is 6.95. The molecule has 0 N–H and O–H groups in total. The van der Waals surface area contributed by atoms with Gasteiger partial charge < -0.3 is 0 Å². The molecule has 0 aromatic rings. The van der Waals surface area contributed by atoms with E-state index in [9.17, 15) is 4.79 Å². The molecule has 0 amide bonds. The van der Waals surface area contributed by atoms with Gasteiger partial charge in [0.2, 0.25) is 0 Å². The van der Waals surface area contributed by atoms with Gasteiger partial charge in [0.25, 0.3) is 0 Å². The molecule has 180 valence electrons. The van der Waals surface area contributed by atoms with Gasteiger partial charge in [-0.15, -0.1) is 0 Å². The van der Waals surface area contributed by atoms with Crippen LogP contribution in [0.25, 0.3) is 0 Å². The number of Topliss-reactive ketones (excluding diaryl/α,β-unsaturated/α-hetero) is 1. The summed E-state index contributed by atoms with van der Waals surface area (Å²) in [5.41, 5.74) is 0. The lowest BCUT2D eigenvalue weighted by atomic mass is 9.88. The van der Waals surface area contributed by atoms with Gasteiger partial charge in [-0.25, -0.2) is 0 Å². The number of hydrogen-bond acceptors (Lipinski definition) is 1. The van der Waals surface area contributed by atoms with E-state index in [4.69, 9.17) is 0 Å². The van der Waals surface area contributed by atoms with E-state index in [1.807, 2.05) is 0 Å². The first-order valence-electron chi connectivity index (χ1n) is 14.2. The largest absolute Gasteiger partial charge is 0.299 e. The maximum atomic E-state index is 12.6. The van der Waals surface area contributed by atoms with Crippen LogP contribution in [0.4, 0.5) is 0 Å².